The first-order valence-electron chi connectivity index (χ1n) is 8.25. The van der Waals surface area contributed by atoms with E-state index < -0.39 is 27.9 Å². The molecule has 0 bridgehead atoms. The van der Waals surface area contributed by atoms with Gasteiger partial charge in [-0.1, -0.05) is 13.8 Å². The molecule has 0 radical (unpaired) electrons. The van der Waals surface area contributed by atoms with Gasteiger partial charge in [-0.3, -0.25) is 9.59 Å². The van der Waals surface area contributed by atoms with E-state index in [1.54, 1.807) is 0 Å². The summed E-state index contributed by atoms with van der Waals surface area (Å²) in [6, 6.07) is 4.55. The van der Waals surface area contributed by atoms with Gasteiger partial charge in [0.2, 0.25) is 10.0 Å². The van der Waals surface area contributed by atoms with Crippen molar-refractivity contribution in [3.8, 4) is 0 Å². The molecule has 1 amide bonds. The molecule has 3 unspecified atom stereocenters. The minimum atomic E-state index is -3.60. The molecule has 0 aromatic heterocycles. The number of hydrogen-bond donors (Lipinski definition) is 2. The zero-order chi connectivity index (χ0) is 18.8. The molecule has 8 heteroatoms. The summed E-state index contributed by atoms with van der Waals surface area (Å²) in [5, 5.41) is 11.1. The van der Waals surface area contributed by atoms with E-state index in [9.17, 15) is 18.0 Å². The molecular formula is C17H24N2O5S. The molecule has 0 saturated carbocycles. The predicted molar refractivity (Wildman–Crippen MR) is 92.7 cm³/mol. The molecule has 1 saturated heterocycles. The summed E-state index contributed by atoms with van der Waals surface area (Å²) < 4.78 is 27.0. The van der Waals surface area contributed by atoms with Crippen LogP contribution in [0.3, 0.4) is 0 Å². The third-order valence-electron chi connectivity index (χ3n) is 4.31. The van der Waals surface area contributed by atoms with E-state index in [4.69, 9.17) is 5.11 Å². The first kappa shape index (κ1) is 19.4. The second-order valence-corrected chi connectivity index (χ2v) is 8.76. The monoisotopic (exact) mass is 368 g/mol. The van der Waals surface area contributed by atoms with Crippen LogP contribution in [0.5, 0.6) is 0 Å². The van der Waals surface area contributed by atoms with Gasteiger partial charge in [0.1, 0.15) is 6.04 Å². The Labute approximate surface area is 148 Å². The normalized spacial score (nSPS) is 23.0. The maximum atomic E-state index is 12.8. The molecule has 0 spiro atoms. The Morgan fingerprint density at radius 3 is 2.16 bits per heavy atom. The number of carboxylic acids is 1. The van der Waals surface area contributed by atoms with Crippen molar-refractivity contribution in [1.82, 2.24) is 9.62 Å². The molecule has 1 aliphatic rings. The summed E-state index contributed by atoms with van der Waals surface area (Å²) in [6.07, 6.45) is 1.01. The second kappa shape index (κ2) is 7.53. The predicted octanol–water partition coefficient (Wildman–Crippen LogP) is 1.56. The van der Waals surface area contributed by atoms with Gasteiger partial charge >= 0.3 is 5.97 Å². The Hall–Kier alpha value is -1.93. The fraction of sp³-hybridized carbons (Fsp3) is 0.529. The van der Waals surface area contributed by atoms with Crippen LogP contribution in [0.1, 0.15) is 37.6 Å². The lowest BCUT2D eigenvalue weighted by Gasteiger charge is -2.34. The van der Waals surface area contributed by atoms with Crippen molar-refractivity contribution in [3.63, 3.8) is 0 Å². The van der Waals surface area contributed by atoms with Gasteiger partial charge in [0.05, 0.1) is 4.90 Å². The molecule has 2 rings (SSSR count). The van der Waals surface area contributed by atoms with Crippen molar-refractivity contribution in [1.29, 1.82) is 0 Å². The summed E-state index contributed by atoms with van der Waals surface area (Å²) in [5.41, 5.74) is 0.215. The molecule has 138 valence electrons. The van der Waals surface area contributed by atoms with Crippen molar-refractivity contribution < 1.29 is 23.1 Å². The largest absolute Gasteiger partial charge is 0.480 e. The third kappa shape index (κ3) is 4.58. The minimum absolute atomic E-state index is 0.136. The number of nitrogens with one attached hydrogen (secondary N) is 1. The average molecular weight is 368 g/mol. The summed E-state index contributed by atoms with van der Waals surface area (Å²) in [7, 11) is -3.60. The van der Waals surface area contributed by atoms with Crippen LogP contribution in [0, 0.1) is 11.8 Å². The molecule has 1 heterocycles. The fourth-order valence-electron chi connectivity index (χ4n) is 3.07. The fourth-order valence-corrected chi connectivity index (χ4v) is 4.75. The maximum Gasteiger partial charge on any atom is 0.325 e. The van der Waals surface area contributed by atoms with Gasteiger partial charge in [0.25, 0.3) is 5.91 Å². The van der Waals surface area contributed by atoms with Crippen LogP contribution in [-0.4, -0.2) is 48.8 Å². The standard InChI is InChI=1S/C17H24N2O5S/c1-11-8-12(2)10-19(9-11)25(23,24)15-6-4-14(5-7-15)16(20)18-13(3)17(21)22/h4-7,11-13H,8-10H2,1-3H3,(H,18,20)(H,21,22). The van der Waals surface area contributed by atoms with E-state index >= 15 is 0 Å². The first-order valence-corrected chi connectivity index (χ1v) is 9.69. The Morgan fingerprint density at radius 1 is 1.16 bits per heavy atom. The SMILES string of the molecule is CC1CC(C)CN(S(=O)(=O)c2ccc(C(=O)NC(C)C(=O)O)cc2)C1. The molecular weight excluding hydrogens is 344 g/mol. The van der Waals surface area contributed by atoms with Crippen LogP contribution in [0.25, 0.3) is 0 Å². The number of hydrogen-bond acceptors (Lipinski definition) is 4. The van der Waals surface area contributed by atoms with E-state index in [-0.39, 0.29) is 10.5 Å². The van der Waals surface area contributed by atoms with E-state index in [0.717, 1.165) is 6.42 Å². The maximum absolute atomic E-state index is 12.8. The summed E-state index contributed by atoms with van der Waals surface area (Å²) in [4.78, 5) is 22.9. The number of carbonyl (C=O) groups excluding carboxylic acids is 1. The van der Waals surface area contributed by atoms with Crippen LogP contribution in [0.15, 0.2) is 29.2 Å². The van der Waals surface area contributed by atoms with Crippen molar-refractivity contribution in [2.45, 2.75) is 38.1 Å². The lowest BCUT2D eigenvalue weighted by molar-refractivity contribution is -0.138. The molecule has 1 aromatic rings. The highest BCUT2D eigenvalue weighted by molar-refractivity contribution is 7.89. The highest BCUT2D eigenvalue weighted by Crippen LogP contribution is 2.26. The lowest BCUT2D eigenvalue weighted by Crippen LogP contribution is -2.42. The third-order valence-corrected chi connectivity index (χ3v) is 6.15. The minimum Gasteiger partial charge on any atom is -0.480 e. The Bertz CT molecular complexity index is 735. The van der Waals surface area contributed by atoms with Crippen LogP contribution in [0.2, 0.25) is 0 Å². The van der Waals surface area contributed by atoms with Crippen LogP contribution in [0.4, 0.5) is 0 Å². The Kier molecular flexibility index (Phi) is 5.84. The van der Waals surface area contributed by atoms with E-state index in [2.05, 4.69) is 5.32 Å². The van der Waals surface area contributed by atoms with Crippen molar-refractivity contribution in [2.24, 2.45) is 11.8 Å². The van der Waals surface area contributed by atoms with Gasteiger partial charge in [-0.2, -0.15) is 4.31 Å². The quantitative estimate of drug-likeness (QED) is 0.821. The molecule has 7 nitrogen and oxygen atoms in total. The summed E-state index contributed by atoms with van der Waals surface area (Å²) in [6.45, 7) is 6.41. The van der Waals surface area contributed by atoms with Gasteiger partial charge in [-0.15, -0.1) is 0 Å². The molecule has 25 heavy (non-hydrogen) atoms. The number of piperidine rings is 1. The van der Waals surface area contributed by atoms with Gasteiger partial charge < -0.3 is 10.4 Å². The number of nitrogens with zero attached hydrogens (tertiary/aromatic N) is 1. The molecule has 1 aliphatic heterocycles. The Morgan fingerprint density at radius 2 is 1.68 bits per heavy atom. The van der Waals surface area contributed by atoms with Crippen molar-refractivity contribution >= 4 is 21.9 Å². The number of amides is 1. The van der Waals surface area contributed by atoms with E-state index in [1.165, 1.54) is 35.5 Å². The zero-order valence-corrected chi connectivity index (χ0v) is 15.4. The molecule has 2 N–H and O–H groups in total. The molecule has 1 aromatic carbocycles. The van der Waals surface area contributed by atoms with Crippen LogP contribution < -0.4 is 5.32 Å². The molecule has 0 aliphatic carbocycles. The van der Waals surface area contributed by atoms with Gasteiger partial charge in [0.15, 0.2) is 0 Å². The highest BCUT2D eigenvalue weighted by Gasteiger charge is 2.31. The van der Waals surface area contributed by atoms with Crippen molar-refractivity contribution in [3.05, 3.63) is 29.8 Å². The number of rotatable bonds is 5. The first-order chi connectivity index (χ1) is 11.6. The van der Waals surface area contributed by atoms with Crippen LogP contribution >= 0.6 is 0 Å². The van der Waals surface area contributed by atoms with Gasteiger partial charge in [-0.25, -0.2) is 8.42 Å². The van der Waals surface area contributed by atoms with Gasteiger partial charge in [0, 0.05) is 18.7 Å². The summed E-state index contributed by atoms with van der Waals surface area (Å²) >= 11 is 0. The van der Waals surface area contributed by atoms with E-state index in [1.807, 2.05) is 13.8 Å². The van der Waals surface area contributed by atoms with Crippen molar-refractivity contribution in [2.75, 3.05) is 13.1 Å². The van der Waals surface area contributed by atoms with Crippen LogP contribution in [-0.2, 0) is 14.8 Å². The summed E-state index contributed by atoms with van der Waals surface area (Å²) in [5.74, 6) is -1.08. The average Bonchev–Trinajstić information content (AvgIpc) is 2.53. The number of benzene rings is 1. The zero-order valence-electron chi connectivity index (χ0n) is 14.6. The molecule has 3 atom stereocenters. The van der Waals surface area contributed by atoms with E-state index in [0.29, 0.717) is 24.9 Å². The number of sulfonamides is 1. The number of aliphatic carboxylic acids is 1. The lowest BCUT2D eigenvalue weighted by atomic mass is 9.94. The highest BCUT2D eigenvalue weighted by atomic mass is 32.2. The Balaban J connectivity index is 2.15. The topological polar surface area (TPSA) is 104 Å². The smallest absolute Gasteiger partial charge is 0.325 e. The molecule has 1 fully saturated rings. The van der Waals surface area contributed by atoms with Gasteiger partial charge in [-0.05, 0) is 49.4 Å². The number of carbonyl (C=O) groups is 2. The number of carboxylic acid groups (broad SMARTS) is 1. The second-order valence-electron chi connectivity index (χ2n) is 6.83.